The molecule has 1 fully saturated rings. The first-order valence-electron chi connectivity index (χ1n) is 8.56. The van der Waals surface area contributed by atoms with E-state index in [1.165, 1.54) is 11.3 Å². The van der Waals surface area contributed by atoms with Gasteiger partial charge in [-0.3, -0.25) is 4.79 Å². The number of carbonyl (C=O) groups is 1. The fourth-order valence-electron chi connectivity index (χ4n) is 3.21. The minimum absolute atomic E-state index is 0.289. The maximum Gasteiger partial charge on any atom is 0.253 e. The predicted molar refractivity (Wildman–Crippen MR) is 103 cm³/mol. The van der Waals surface area contributed by atoms with Gasteiger partial charge in [0.25, 0.3) is 11.8 Å². The van der Waals surface area contributed by atoms with Crippen molar-refractivity contribution in [1.82, 2.24) is 10.3 Å². The number of hydrogen-bond acceptors (Lipinski definition) is 5. The zero-order valence-electron chi connectivity index (χ0n) is 14.8. The molecule has 8 heteroatoms. The SMILES string of the molecule is Cc1ncsc1COc1ccc2sc(C)c(C(=O)NC3CC(F)(F)C3)c2c1. The fraction of sp³-hybridized carbons (Fsp3) is 0.368. The van der Waals surface area contributed by atoms with Crippen LogP contribution in [0.2, 0.25) is 0 Å². The van der Waals surface area contributed by atoms with Gasteiger partial charge in [-0.25, -0.2) is 13.8 Å². The van der Waals surface area contributed by atoms with Crippen LogP contribution in [0, 0.1) is 13.8 Å². The lowest BCUT2D eigenvalue weighted by molar-refractivity contribution is -0.0901. The van der Waals surface area contributed by atoms with Crippen molar-refractivity contribution >= 4 is 38.7 Å². The van der Waals surface area contributed by atoms with E-state index in [1.807, 2.05) is 32.0 Å². The molecule has 1 amide bonds. The quantitative estimate of drug-likeness (QED) is 0.640. The van der Waals surface area contributed by atoms with Gasteiger partial charge in [-0.05, 0) is 32.0 Å². The Kier molecular flexibility index (Phi) is 4.63. The Morgan fingerprint density at radius 1 is 1.37 bits per heavy atom. The summed E-state index contributed by atoms with van der Waals surface area (Å²) in [7, 11) is 0. The number of nitrogens with zero attached hydrogens (tertiary/aromatic N) is 1. The topological polar surface area (TPSA) is 51.2 Å². The average molecular weight is 408 g/mol. The first-order valence-corrected chi connectivity index (χ1v) is 10.3. The van der Waals surface area contributed by atoms with Crippen molar-refractivity contribution in [2.45, 2.75) is 45.3 Å². The van der Waals surface area contributed by atoms with Crippen molar-refractivity contribution < 1.29 is 18.3 Å². The molecule has 1 saturated carbocycles. The van der Waals surface area contributed by atoms with Gasteiger partial charge in [0, 0.05) is 33.8 Å². The van der Waals surface area contributed by atoms with Crippen LogP contribution >= 0.6 is 22.7 Å². The third kappa shape index (κ3) is 3.68. The zero-order chi connectivity index (χ0) is 19.2. The van der Waals surface area contributed by atoms with Crippen LogP contribution in [0.5, 0.6) is 5.75 Å². The van der Waals surface area contributed by atoms with E-state index in [0.29, 0.717) is 17.9 Å². The lowest BCUT2D eigenvalue weighted by atomic mass is 9.88. The number of amides is 1. The minimum Gasteiger partial charge on any atom is -0.488 e. The molecule has 4 nitrogen and oxygen atoms in total. The molecule has 0 radical (unpaired) electrons. The average Bonchev–Trinajstić information content (AvgIpc) is 3.12. The molecule has 27 heavy (non-hydrogen) atoms. The molecule has 3 aromatic rings. The second-order valence-corrected chi connectivity index (χ2v) is 8.97. The zero-order valence-corrected chi connectivity index (χ0v) is 16.5. The number of ether oxygens (including phenoxy) is 1. The van der Waals surface area contributed by atoms with E-state index in [2.05, 4.69) is 10.3 Å². The van der Waals surface area contributed by atoms with E-state index in [1.54, 1.807) is 16.8 Å². The Hall–Kier alpha value is -2.06. The molecule has 4 rings (SSSR count). The monoisotopic (exact) mass is 408 g/mol. The Bertz CT molecular complexity index is 1000. The van der Waals surface area contributed by atoms with Crippen LogP contribution in [-0.2, 0) is 6.61 Å². The van der Waals surface area contributed by atoms with Crippen molar-refractivity contribution in [1.29, 1.82) is 0 Å². The number of rotatable bonds is 5. The molecule has 2 aromatic heterocycles. The van der Waals surface area contributed by atoms with Gasteiger partial charge in [0.1, 0.15) is 12.4 Å². The number of thiazole rings is 1. The van der Waals surface area contributed by atoms with Gasteiger partial charge < -0.3 is 10.1 Å². The summed E-state index contributed by atoms with van der Waals surface area (Å²) in [4.78, 5) is 18.8. The summed E-state index contributed by atoms with van der Waals surface area (Å²) in [5.74, 6) is -2.29. The summed E-state index contributed by atoms with van der Waals surface area (Å²) in [6, 6.07) is 5.19. The summed E-state index contributed by atoms with van der Waals surface area (Å²) in [6.07, 6.45) is -0.579. The van der Waals surface area contributed by atoms with Crippen molar-refractivity contribution in [3.05, 3.63) is 44.7 Å². The number of aromatic nitrogens is 1. The van der Waals surface area contributed by atoms with E-state index >= 15 is 0 Å². The molecule has 1 aliphatic rings. The highest BCUT2D eigenvalue weighted by atomic mass is 32.1. The summed E-state index contributed by atoms with van der Waals surface area (Å²) < 4.78 is 32.9. The highest BCUT2D eigenvalue weighted by Crippen LogP contribution is 2.38. The Morgan fingerprint density at radius 3 is 2.81 bits per heavy atom. The van der Waals surface area contributed by atoms with Crippen LogP contribution in [0.1, 0.15) is 38.6 Å². The molecule has 0 aliphatic heterocycles. The van der Waals surface area contributed by atoms with Crippen LogP contribution in [0.4, 0.5) is 8.78 Å². The van der Waals surface area contributed by atoms with Gasteiger partial charge >= 0.3 is 0 Å². The Morgan fingerprint density at radius 2 is 2.15 bits per heavy atom. The summed E-state index contributed by atoms with van der Waals surface area (Å²) in [5.41, 5.74) is 3.28. The number of alkyl halides is 2. The highest BCUT2D eigenvalue weighted by Gasteiger charge is 2.46. The first kappa shape index (κ1) is 18.3. The summed E-state index contributed by atoms with van der Waals surface area (Å²) >= 11 is 3.05. The number of thiophene rings is 1. The van der Waals surface area contributed by atoms with Crippen molar-refractivity contribution in [2.75, 3.05) is 0 Å². The van der Waals surface area contributed by atoms with E-state index in [4.69, 9.17) is 4.74 Å². The van der Waals surface area contributed by atoms with Crippen molar-refractivity contribution in [3.63, 3.8) is 0 Å². The second-order valence-electron chi connectivity index (χ2n) is 6.78. The van der Waals surface area contributed by atoms with Crippen LogP contribution < -0.4 is 10.1 Å². The number of halogens is 2. The number of benzene rings is 1. The molecule has 1 N–H and O–H groups in total. The van der Waals surface area contributed by atoms with Crippen molar-refractivity contribution in [2.24, 2.45) is 0 Å². The van der Waals surface area contributed by atoms with Crippen molar-refractivity contribution in [3.8, 4) is 5.75 Å². The van der Waals surface area contributed by atoms with Gasteiger partial charge in [-0.2, -0.15) is 0 Å². The molecule has 0 bridgehead atoms. The molecule has 0 saturated heterocycles. The van der Waals surface area contributed by atoms with Gasteiger partial charge in [0.15, 0.2) is 0 Å². The van der Waals surface area contributed by atoms with Gasteiger partial charge in [-0.1, -0.05) is 0 Å². The van der Waals surface area contributed by atoms with Crippen LogP contribution in [0.15, 0.2) is 23.7 Å². The molecule has 142 valence electrons. The maximum atomic E-state index is 13.0. The van der Waals surface area contributed by atoms with Gasteiger partial charge in [0.05, 0.1) is 21.6 Å². The smallest absolute Gasteiger partial charge is 0.253 e. The summed E-state index contributed by atoms with van der Waals surface area (Å²) in [6.45, 7) is 4.23. The molecular weight excluding hydrogens is 390 g/mol. The van der Waals surface area contributed by atoms with E-state index in [9.17, 15) is 13.6 Å². The Labute approximate surface area is 163 Å². The van der Waals surface area contributed by atoms with Crippen LogP contribution in [-0.4, -0.2) is 22.9 Å². The second kappa shape index (κ2) is 6.83. The molecular formula is C19H18F2N2O2S2. The number of nitrogens with one attached hydrogen (secondary N) is 1. The molecule has 0 atom stereocenters. The predicted octanol–water partition coefficient (Wildman–Crippen LogP) is 5.08. The lowest BCUT2D eigenvalue weighted by Gasteiger charge is -2.35. The minimum atomic E-state index is -2.65. The van der Waals surface area contributed by atoms with E-state index in [0.717, 1.165) is 25.5 Å². The number of aryl methyl sites for hydroxylation is 2. The van der Waals surface area contributed by atoms with Gasteiger partial charge in [0.2, 0.25) is 0 Å². The third-order valence-electron chi connectivity index (χ3n) is 4.70. The van der Waals surface area contributed by atoms with Gasteiger partial charge in [-0.15, -0.1) is 22.7 Å². The van der Waals surface area contributed by atoms with Crippen LogP contribution in [0.25, 0.3) is 10.1 Å². The maximum absolute atomic E-state index is 13.0. The number of fused-ring (bicyclic) bond motifs is 1. The molecule has 2 heterocycles. The molecule has 0 unspecified atom stereocenters. The van der Waals surface area contributed by atoms with E-state index < -0.39 is 12.0 Å². The third-order valence-corrected chi connectivity index (χ3v) is 6.70. The number of hydrogen-bond donors (Lipinski definition) is 1. The lowest BCUT2D eigenvalue weighted by Crippen LogP contribution is -2.50. The summed E-state index contributed by atoms with van der Waals surface area (Å²) in [5, 5.41) is 3.52. The normalized spacial score (nSPS) is 16.3. The largest absolute Gasteiger partial charge is 0.488 e. The highest BCUT2D eigenvalue weighted by molar-refractivity contribution is 7.19. The number of carbonyl (C=O) groups excluding carboxylic acids is 1. The Balaban J connectivity index is 1.54. The van der Waals surface area contributed by atoms with E-state index in [-0.39, 0.29) is 18.7 Å². The fourth-order valence-corrected chi connectivity index (χ4v) is 4.94. The first-order chi connectivity index (χ1) is 12.8. The molecule has 1 aromatic carbocycles. The standard InChI is InChI=1S/C19H18F2N2O2S2/c1-10-16(26-9-22-10)8-25-13-3-4-15-14(5-13)17(11(2)27-15)18(24)23-12-6-19(20,21)7-12/h3-5,9,12H,6-8H2,1-2H3,(H,23,24). The molecule has 1 aliphatic carbocycles. The molecule has 0 spiro atoms. The van der Waals surface area contributed by atoms with Crippen LogP contribution in [0.3, 0.4) is 0 Å².